The summed E-state index contributed by atoms with van der Waals surface area (Å²) in [6.45, 7) is 2.03. The van der Waals surface area contributed by atoms with E-state index in [4.69, 9.17) is 5.73 Å². The van der Waals surface area contributed by atoms with E-state index >= 15 is 0 Å². The number of nitrogens with zero attached hydrogens (tertiary/aromatic N) is 1. The van der Waals surface area contributed by atoms with E-state index in [1.54, 1.807) is 0 Å². The quantitative estimate of drug-likeness (QED) is 0.689. The van der Waals surface area contributed by atoms with Crippen molar-refractivity contribution in [1.82, 2.24) is 10.2 Å². The number of hydrogen-bond donors (Lipinski definition) is 2. The Morgan fingerprint density at radius 3 is 2.67 bits per heavy atom. The van der Waals surface area contributed by atoms with Crippen LogP contribution in [0, 0.1) is 0 Å². The summed E-state index contributed by atoms with van der Waals surface area (Å²) in [5, 5.41) is 2.83. The van der Waals surface area contributed by atoms with Crippen LogP contribution in [0.2, 0.25) is 0 Å². The molecule has 3 amide bonds. The lowest BCUT2D eigenvalue weighted by atomic mass is 10.1. The van der Waals surface area contributed by atoms with Crippen molar-refractivity contribution in [3.05, 3.63) is 35.4 Å². The molecule has 1 heterocycles. The Morgan fingerprint density at radius 2 is 1.96 bits per heavy atom. The van der Waals surface area contributed by atoms with Gasteiger partial charge in [0.1, 0.15) is 0 Å². The van der Waals surface area contributed by atoms with Crippen LogP contribution in [0.4, 0.5) is 0 Å². The molecular weight excluding hydrogens is 326 g/mol. The van der Waals surface area contributed by atoms with Crippen molar-refractivity contribution in [2.75, 3.05) is 24.6 Å². The number of nitrogens with one attached hydrogen (secondary N) is 1. The molecule has 2 rings (SSSR count). The van der Waals surface area contributed by atoms with Gasteiger partial charge in [0.2, 0.25) is 11.8 Å². The average molecular weight is 349 g/mol. The third-order valence-electron chi connectivity index (χ3n) is 3.77. The Labute approximate surface area is 146 Å². The van der Waals surface area contributed by atoms with Crippen LogP contribution in [-0.2, 0) is 16.1 Å². The van der Waals surface area contributed by atoms with E-state index < -0.39 is 0 Å². The molecule has 130 valence electrons. The molecule has 0 saturated carbocycles. The normalized spacial score (nSPS) is 13.8. The van der Waals surface area contributed by atoms with Crippen LogP contribution in [0.15, 0.2) is 24.3 Å². The SMILES string of the molecule is NC(=O)CSCCC(=O)NCc1cccc(C(=O)N2CCCC2)c1. The highest BCUT2D eigenvalue weighted by Crippen LogP contribution is 2.14. The molecule has 0 aliphatic carbocycles. The van der Waals surface area contributed by atoms with E-state index in [1.807, 2.05) is 29.2 Å². The van der Waals surface area contributed by atoms with Gasteiger partial charge in [0.25, 0.3) is 5.91 Å². The van der Waals surface area contributed by atoms with Gasteiger partial charge in [0.15, 0.2) is 0 Å². The molecule has 0 unspecified atom stereocenters. The molecule has 1 aliphatic heterocycles. The van der Waals surface area contributed by atoms with Crippen molar-refractivity contribution in [3.63, 3.8) is 0 Å². The van der Waals surface area contributed by atoms with Crippen LogP contribution in [-0.4, -0.2) is 47.2 Å². The summed E-state index contributed by atoms with van der Waals surface area (Å²) in [5.74, 6) is 0.391. The second kappa shape index (κ2) is 9.32. The van der Waals surface area contributed by atoms with E-state index in [-0.39, 0.29) is 23.5 Å². The summed E-state index contributed by atoms with van der Waals surface area (Å²) < 4.78 is 0. The first kappa shape index (κ1) is 18.3. The standard InChI is InChI=1S/C17H23N3O3S/c18-15(21)12-24-9-6-16(22)19-11-13-4-3-5-14(10-13)17(23)20-7-1-2-8-20/h3-5,10H,1-2,6-9,11-12H2,(H2,18,21)(H,19,22). The highest BCUT2D eigenvalue weighted by molar-refractivity contribution is 7.99. The van der Waals surface area contributed by atoms with Crippen molar-refractivity contribution < 1.29 is 14.4 Å². The number of amides is 3. The number of likely N-dealkylation sites (tertiary alicyclic amines) is 1. The number of carbonyl (C=O) groups excluding carboxylic acids is 3. The predicted molar refractivity (Wildman–Crippen MR) is 94.6 cm³/mol. The second-order valence-corrected chi connectivity index (χ2v) is 6.85. The molecule has 24 heavy (non-hydrogen) atoms. The van der Waals surface area contributed by atoms with E-state index in [9.17, 15) is 14.4 Å². The maximum atomic E-state index is 12.4. The minimum absolute atomic E-state index is 0.0588. The summed E-state index contributed by atoms with van der Waals surface area (Å²) in [4.78, 5) is 36.6. The van der Waals surface area contributed by atoms with E-state index in [0.29, 0.717) is 24.3 Å². The van der Waals surface area contributed by atoms with Gasteiger partial charge in [-0.05, 0) is 30.5 Å². The Morgan fingerprint density at radius 1 is 1.21 bits per heavy atom. The predicted octanol–water partition coefficient (Wildman–Crippen LogP) is 1.15. The van der Waals surface area contributed by atoms with Gasteiger partial charge < -0.3 is 16.0 Å². The Hall–Kier alpha value is -2.02. The first-order valence-electron chi connectivity index (χ1n) is 8.07. The number of thioether (sulfide) groups is 1. The van der Waals surface area contributed by atoms with Gasteiger partial charge >= 0.3 is 0 Å². The van der Waals surface area contributed by atoms with E-state index in [2.05, 4.69) is 5.32 Å². The summed E-state index contributed by atoms with van der Waals surface area (Å²) in [6, 6.07) is 7.38. The summed E-state index contributed by atoms with van der Waals surface area (Å²) in [5.41, 5.74) is 6.60. The van der Waals surface area contributed by atoms with Crippen LogP contribution in [0.3, 0.4) is 0 Å². The Bertz CT molecular complexity index is 600. The third-order valence-corrected chi connectivity index (χ3v) is 4.76. The number of hydrogen-bond acceptors (Lipinski definition) is 4. The summed E-state index contributed by atoms with van der Waals surface area (Å²) >= 11 is 1.35. The smallest absolute Gasteiger partial charge is 0.253 e. The van der Waals surface area contributed by atoms with E-state index in [1.165, 1.54) is 11.8 Å². The highest BCUT2D eigenvalue weighted by Gasteiger charge is 2.19. The fourth-order valence-corrected chi connectivity index (χ4v) is 3.22. The first-order chi connectivity index (χ1) is 11.6. The Balaban J connectivity index is 1.78. The van der Waals surface area contributed by atoms with Crippen molar-refractivity contribution in [2.24, 2.45) is 5.73 Å². The van der Waals surface area contributed by atoms with Gasteiger partial charge in [0.05, 0.1) is 5.75 Å². The number of rotatable bonds is 8. The van der Waals surface area contributed by atoms with E-state index in [0.717, 1.165) is 31.5 Å². The summed E-state index contributed by atoms with van der Waals surface area (Å²) in [7, 11) is 0. The average Bonchev–Trinajstić information content (AvgIpc) is 3.11. The zero-order valence-electron chi connectivity index (χ0n) is 13.6. The molecule has 6 nitrogen and oxygen atoms in total. The molecule has 0 bridgehead atoms. The molecule has 0 atom stereocenters. The molecule has 3 N–H and O–H groups in total. The van der Waals surface area contributed by atoms with Crippen molar-refractivity contribution in [1.29, 1.82) is 0 Å². The number of nitrogens with two attached hydrogens (primary N) is 1. The third kappa shape index (κ3) is 5.88. The molecule has 7 heteroatoms. The van der Waals surface area contributed by atoms with Crippen LogP contribution < -0.4 is 11.1 Å². The molecular formula is C17H23N3O3S. The van der Waals surface area contributed by atoms with Gasteiger partial charge in [-0.25, -0.2) is 0 Å². The minimum atomic E-state index is -0.375. The lowest BCUT2D eigenvalue weighted by molar-refractivity contribution is -0.121. The summed E-state index contributed by atoms with van der Waals surface area (Å²) in [6.07, 6.45) is 2.47. The van der Waals surface area contributed by atoms with Crippen LogP contribution in [0.1, 0.15) is 35.2 Å². The molecule has 0 aromatic heterocycles. The maximum absolute atomic E-state index is 12.4. The van der Waals surface area contributed by atoms with Crippen LogP contribution in [0.5, 0.6) is 0 Å². The van der Waals surface area contributed by atoms with Gasteiger partial charge in [-0.2, -0.15) is 11.8 Å². The largest absolute Gasteiger partial charge is 0.369 e. The first-order valence-corrected chi connectivity index (χ1v) is 9.22. The van der Waals surface area contributed by atoms with Crippen LogP contribution in [0.25, 0.3) is 0 Å². The molecule has 1 aromatic rings. The Kier molecular flexibility index (Phi) is 7.11. The van der Waals surface area contributed by atoms with Gasteiger partial charge in [-0.15, -0.1) is 0 Å². The molecule has 1 aliphatic rings. The highest BCUT2D eigenvalue weighted by atomic mass is 32.2. The lowest BCUT2D eigenvalue weighted by Crippen LogP contribution is -2.28. The number of benzene rings is 1. The maximum Gasteiger partial charge on any atom is 0.253 e. The molecule has 1 fully saturated rings. The second-order valence-electron chi connectivity index (χ2n) is 5.75. The molecule has 1 aromatic carbocycles. The minimum Gasteiger partial charge on any atom is -0.369 e. The van der Waals surface area contributed by atoms with Crippen molar-refractivity contribution in [3.8, 4) is 0 Å². The fourth-order valence-electron chi connectivity index (χ4n) is 2.54. The van der Waals surface area contributed by atoms with Crippen LogP contribution >= 0.6 is 11.8 Å². The van der Waals surface area contributed by atoms with Crippen molar-refractivity contribution >= 4 is 29.5 Å². The fraction of sp³-hybridized carbons (Fsp3) is 0.471. The number of carbonyl (C=O) groups is 3. The molecule has 1 saturated heterocycles. The van der Waals surface area contributed by atoms with Gasteiger partial charge in [-0.1, -0.05) is 12.1 Å². The topological polar surface area (TPSA) is 92.5 Å². The van der Waals surface area contributed by atoms with Gasteiger partial charge in [-0.3, -0.25) is 14.4 Å². The molecule has 0 spiro atoms. The monoisotopic (exact) mass is 349 g/mol. The molecule has 0 radical (unpaired) electrons. The lowest BCUT2D eigenvalue weighted by Gasteiger charge is -2.15. The zero-order valence-corrected chi connectivity index (χ0v) is 14.4. The zero-order chi connectivity index (χ0) is 17.4. The number of primary amides is 1. The van der Waals surface area contributed by atoms with Gasteiger partial charge in [0, 0.05) is 37.4 Å². The van der Waals surface area contributed by atoms with Crippen molar-refractivity contribution in [2.45, 2.75) is 25.8 Å².